The van der Waals surface area contributed by atoms with Gasteiger partial charge in [-0.1, -0.05) is 51.1 Å². The summed E-state index contributed by atoms with van der Waals surface area (Å²) < 4.78 is 23.6. The molecule has 0 spiro atoms. The second-order valence-corrected chi connectivity index (χ2v) is 10.3. The molecule has 0 aliphatic carbocycles. The lowest BCUT2D eigenvalue weighted by atomic mass is 9.82. The zero-order chi connectivity index (χ0) is 23.1. The van der Waals surface area contributed by atoms with Crippen LogP contribution in [-0.4, -0.2) is 4.98 Å². The van der Waals surface area contributed by atoms with E-state index < -0.39 is 0 Å². The van der Waals surface area contributed by atoms with Crippen LogP contribution in [0.5, 0.6) is 11.5 Å². The summed E-state index contributed by atoms with van der Waals surface area (Å²) in [4.78, 5) is 4.72. The monoisotopic (exact) mass is 437 g/mol. The summed E-state index contributed by atoms with van der Waals surface area (Å²) in [6.45, 7) is 8.92. The molecule has 4 heteroatoms. The van der Waals surface area contributed by atoms with Gasteiger partial charge < -0.3 is 4.74 Å². The maximum Gasteiger partial charge on any atom is 0.287 e. The Bertz CT molecular complexity index is 1630. The maximum absolute atomic E-state index is 14.8. The predicted molar refractivity (Wildman–Crippen MR) is 131 cm³/mol. The maximum atomic E-state index is 14.8. The van der Waals surface area contributed by atoms with Crippen molar-refractivity contribution in [2.24, 2.45) is 12.5 Å². The van der Waals surface area contributed by atoms with Gasteiger partial charge in [0.2, 0.25) is 0 Å². The molecule has 0 amide bonds. The lowest BCUT2D eigenvalue weighted by molar-refractivity contribution is -0.662. The molecule has 1 aliphatic heterocycles. The van der Waals surface area contributed by atoms with Crippen molar-refractivity contribution in [3.05, 3.63) is 71.8 Å². The van der Waals surface area contributed by atoms with E-state index >= 15 is 0 Å². The Hall–Kier alpha value is -3.53. The largest absolute Gasteiger partial charge is 0.455 e. The molecule has 0 radical (unpaired) electrons. The first-order valence-electron chi connectivity index (χ1n) is 11.4. The Morgan fingerprint density at radius 3 is 2.45 bits per heavy atom. The Morgan fingerprint density at radius 1 is 0.970 bits per heavy atom. The Morgan fingerprint density at radius 2 is 1.70 bits per heavy atom. The third-order valence-electron chi connectivity index (χ3n) is 6.70. The lowest BCUT2D eigenvalue weighted by Gasteiger charge is -2.28. The molecule has 0 N–H and O–H groups in total. The zero-order valence-electron chi connectivity index (χ0n) is 19.6. The minimum absolute atomic E-state index is 0.0701. The smallest absolute Gasteiger partial charge is 0.287 e. The first kappa shape index (κ1) is 20.1. The summed E-state index contributed by atoms with van der Waals surface area (Å²) in [6, 6.07) is 15.6. The number of fused-ring (bicyclic) bond motifs is 5. The van der Waals surface area contributed by atoms with Crippen LogP contribution in [0.2, 0.25) is 0 Å². The van der Waals surface area contributed by atoms with Gasteiger partial charge in [0.05, 0.1) is 12.6 Å². The summed E-state index contributed by atoms with van der Waals surface area (Å²) in [5, 5.41) is 4.72. The van der Waals surface area contributed by atoms with Gasteiger partial charge in [0.1, 0.15) is 22.7 Å². The molecule has 0 atom stereocenters. The van der Waals surface area contributed by atoms with E-state index in [1.807, 2.05) is 25.5 Å². The summed E-state index contributed by atoms with van der Waals surface area (Å²) in [5.41, 5.74) is 5.40. The van der Waals surface area contributed by atoms with Crippen molar-refractivity contribution in [2.75, 3.05) is 0 Å². The molecule has 1 aliphatic rings. The summed E-state index contributed by atoms with van der Waals surface area (Å²) in [7, 11) is 2.02. The normalized spacial score (nSPS) is 12.9. The van der Waals surface area contributed by atoms with E-state index in [0.29, 0.717) is 11.1 Å². The van der Waals surface area contributed by atoms with Crippen LogP contribution in [0.3, 0.4) is 0 Å². The fourth-order valence-electron chi connectivity index (χ4n) is 5.33. The molecule has 2 heterocycles. The van der Waals surface area contributed by atoms with E-state index in [0.717, 1.165) is 39.7 Å². The molecular weight excluding hydrogens is 411 g/mol. The van der Waals surface area contributed by atoms with Gasteiger partial charge in [0, 0.05) is 16.3 Å². The molecule has 0 fully saturated rings. The number of hydrogen-bond donors (Lipinski definition) is 0. The van der Waals surface area contributed by atoms with E-state index in [-0.39, 0.29) is 11.2 Å². The van der Waals surface area contributed by atoms with Crippen LogP contribution in [0.4, 0.5) is 4.39 Å². The lowest BCUT2D eigenvalue weighted by Crippen LogP contribution is -2.33. The highest BCUT2D eigenvalue weighted by Crippen LogP contribution is 2.52. The molecule has 0 bridgehead atoms. The summed E-state index contributed by atoms with van der Waals surface area (Å²) in [6.07, 6.45) is 2.70. The molecule has 0 unspecified atom stereocenters. The molecule has 33 heavy (non-hydrogen) atoms. The van der Waals surface area contributed by atoms with Gasteiger partial charge in [-0.3, -0.25) is 0 Å². The number of nitrogens with zero attached hydrogens (tertiary/aromatic N) is 2. The average Bonchev–Trinajstić information content (AvgIpc) is 2.78. The van der Waals surface area contributed by atoms with Crippen molar-refractivity contribution in [3.63, 3.8) is 0 Å². The molecule has 3 nitrogen and oxygen atoms in total. The molecule has 164 valence electrons. The van der Waals surface area contributed by atoms with Crippen LogP contribution < -0.4 is 9.30 Å². The van der Waals surface area contributed by atoms with Gasteiger partial charge in [0.25, 0.3) is 6.33 Å². The molecule has 0 saturated carbocycles. The average molecular weight is 438 g/mol. The minimum atomic E-state index is -0.263. The number of hydrogen-bond acceptors (Lipinski definition) is 2. The van der Waals surface area contributed by atoms with E-state index in [2.05, 4.69) is 56.5 Å². The van der Waals surface area contributed by atoms with Gasteiger partial charge in [-0.15, -0.1) is 0 Å². The number of benzene rings is 4. The third-order valence-corrected chi connectivity index (χ3v) is 6.70. The SMILES string of the molecule is Cc1c2c(c(CC(C)(C)C)c3ccccc13)Oc1cc3c(F)cccc3c3nc[n+](C)c-2c13. The second-order valence-electron chi connectivity index (χ2n) is 10.3. The molecule has 1 aromatic heterocycles. The molecule has 6 rings (SSSR count). The van der Waals surface area contributed by atoms with E-state index in [1.165, 1.54) is 28.0 Å². The first-order chi connectivity index (χ1) is 15.7. The number of halogens is 1. The molecule has 0 saturated heterocycles. The van der Waals surface area contributed by atoms with Crippen molar-refractivity contribution in [1.29, 1.82) is 0 Å². The van der Waals surface area contributed by atoms with Gasteiger partial charge in [0.15, 0.2) is 11.2 Å². The number of rotatable bonds is 1. The predicted octanol–water partition coefficient (Wildman–Crippen LogP) is 7.17. The van der Waals surface area contributed by atoms with Crippen LogP contribution in [0.1, 0.15) is 31.9 Å². The van der Waals surface area contributed by atoms with Crippen LogP contribution in [0, 0.1) is 18.2 Å². The zero-order valence-corrected chi connectivity index (χ0v) is 19.6. The van der Waals surface area contributed by atoms with Gasteiger partial charge >= 0.3 is 0 Å². The standard InChI is InChI=1S/C29H26FN2O/c1-16-17-9-6-7-10-18(17)21(14-29(2,3)4)28-24(16)27-25-23(33-28)13-20-19(11-8-12-22(20)30)26(25)31-15-32(27)5/h6-13,15H,14H2,1-5H3/q+1. The third kappa shape index (κ3) is 2.86. The fraction of sp³-hybridized carbons (Fsp3) is 0.241. The van der Waals surface area contributed by atoms with Gasteiger partial charge in [-0.05, 0) is 58.3 Å². The minimum Gasteiger partial charge on any atom is -0.455 e. The van der Waals surface area contributed by atoms with Crippen LogP contribution >= 0.6 is 0 Å². The number of aromatic nitrogens is 2. The topological polar surface area (TPSA) is 26.0 Å². The Labute approximate surface area is 192 Å². The van der Waals surface area contributed by atoms with Crippen molar-refractivity contribution in [1.82, 2.24) is 4.98 Å². The van der Waals surface area contributed by atoms with Crippen molar-refractivity contribution in [3.8, 4) is 22.8 Å². The highest BCUT2D eigenvalue weighted by atomic mass is 19.1. The van der Waals surface area contributed by atoms with Crippen molar-refractivity contribution < 1.29 is 13.7 Å². The highest BCUT2D eigenvalue weighted by Gasteiger charge is 2.34. The van der Waals surface area contributed by atoms with Crippen LogP contribution in [-0.2, 0) is 13.5 Å². The Kier molecular flexibility index (Phi) is 4.10. The van der Waals surface area contributed by atoms with E-state index in [9.17, 15) is 4.39 Å². The summed E-state index contributed by atoms with van der Waals surface area (Å²) >= 11 is 0. The van der Waals surface area contributed by atoms with Gasteiger partial charge in [-0.2, -0.15) is 0 Å². The van der Waals surface area contributed by atoms with E-state index in [1.54, 1.807) is 6.07 Å². The Balaban J connectivity index is 1.83. The van der Waals surface area contributed by atoms with Crippen molar-refractivity contribution >= 4 is 32.4 Å². The van der Waals surface area contributed by atoms with Gasteiger partial charge in [-0.25, -0.2) is 8.96 Å². The number of ether oxygens (including phenoxy) is 1. The molecule has 5 aromatic rings. The van der Waals surface area contributed by atoms with Crippen LogP contribution in [0.15, 0.2) is 54.9 Å². The fourth-order valence-corrected chi connectivity index (χ4v) is 5.33. The van der Waals surface area contributed by atoms with Crippen LogP contribution in [0.25, 0.3) is 43.7 Å². The molecule has 4 aromatic carbocycles. The van der Waals surface area contributed by atoms with E-state index in [4.69, 9.17) is 9.72 Å². The number of aryl methyl sites for hydroxylation is 2. The first-order valence-corrected chi connectivity index (χ1v) is 11.4. The quantitative estimate of drug-likeness (QED) is 0.201. The van der Waals surface area contributed by atoms with Crippen molar-refractivity contribution in [2.45, 2.75) is 34.1 Å². The summed E-state index contributed by atoms with van der Waals surface area (Å²) in [5.74, 6) is 1.28. The highest BCUT2D eigenvalue weighted by molar-refractivity contribution is 6.14. The molecular formula is C29H26FN2O+. The second kappa shape index (κ2) is 6.74.